The summed E-state index contributed by atoms with van der Waals surface area (Å²) >= 11 is 0. The smallest absolute Gasteiger partial charge is 0.241 e. The number of amides is 1. The molecular weight excluding hydrogens is 242 g/mol. The van der Waals surface area contributed by atoms with E-state index in [2.05, 4.69) is 5.32 Å². The molecule has 0 heterocycles. The van der Waals surface area contributed by atoms with Gasteiger partial charge in [-0.15, -0.1) is 0 Å². The van der Waals surface area contributed by atoms with Crippen LogP contribution in [0.5, 0.6) is 0 Å². The van der Waals surface area contributed by atoms with E-state index >= 15 is 0 Å². The number of nitrogen functional groups attached to an aromatic ring is 1. The maximum Gasteiger partial charge on any atom is 0.241 e. The van der Waals surface area contributed by atoms with Gasteiger partial charge in [-0.2, -0.15) is 0 Å². The van der Waals surface area contributed by atoms with Gasteiger partial charge in [-0.1, -0.05) is 0 Å². The summed E-state index contributed by atoms with van der Waals surface area (Å²) in [7, 11) is 3.55. The fourth-order valence-corrected chi connectivity index (χ4v) is 1.69. The zero-order valence-electron chi connectivity index (χ0n) is 12.1. The van der Waals surface area contributed by atoms with Crippen LogP contribution in [0.3, 0.4) is 0 Å². The molecule has 19 heavy (non-hydrogen) atoms. The molecule has 0 aliphatic rings. The van der Waals surface area contributed by atoms with Crippen molar-refractivity contribution in [2.24, 2.45) is 0 Å². The lowest BCUT2D eigenvalue weighted by molar-refractivity contribution is -0.120. The number of carbonyl (C=O) groups is 1. The Hall–Kier alpha value is -1.59. The zero-order chi connectivity index (χ0) is 14.4. The SMILES string of the molecule is COCCN(C)C(C)C(=O)Nc1ccc(N)cc1C. The van der Waals surface area contributed by atoms with Gasteiger partial charge in [0, 0.05) is 25.0 Å². The van der Waals surface area contributed by atoms with Crippen LogP contribution in [0.15, 0.2) is 18.2 Å². The van der Waals surface area contributed by atoms with Crippen molar-refractivity contribution in [3.05, 3.63) is 23.8 Å². The number of benzene rings is 1. The molecule has 1 aromatic rings. The van der Waals surface area contributed by atoms with E-state index in [1.807, 2.05) is 37.9 Å². The van der Waals surface area contributed by atoms with Gasteiger partial charge < -0.3 is 15.8 Å². The fourth-order valence-electron chi connectivity index (χ4n) is 1.69. The Kier molecular flexibility index (Phi) is 5.79. The third kappa shape index (κ3) is 4.54. The zero-order valence-corrected chi connectivity index (χ0v) is 12.1. The van der Waals surface area contributed by atoms with Gasteiger partial charge in [-0.25, -0.2) is 0 Å². The minimum atomic E-state index is -0.216. The van der Waals surface area contributed by atoms with E-state index in [9.17, 15) is 4.79 Å². The Labute approximate surface area is 114 Å². The first kappa shape index (κ1) is 15.5. The molecule has 1 rings (SSSR count). The van der Waals surface area contributed by atoms with Gasteiger partial charge in [0.25, 0.3) is 0 Å². The predicted octanol–water partition coefficient (Wildman–Crippen LogP) is 1.48. The first-order valence-electron chi connectivity index (χ1n) is 6.32. The van der Waals surface area contributed by atoms with Crippen LogP contribution >= 0.6 is 0 Å². The topological polar surface area (TPSA) is 67.6 Å². The lowest BCUT2D eigenvalue weighted by Gasteiger charge is -2.23. The van der Waals surface area contributed by atoms with Gasteiger partial charge in [0.05, 0.1) is 12.6 Å². The molecule has 3 N–H and O–H groups in total. The van der Waals surface area contributed by atoms with Gasteiger partial charge in [-0.3, -0.25) is 9.69 Å². The Balaban J connectivity index is 2.63. The monoisotopic (exact) mass is 265 g/mol. The predicted molar refractivity (Wildman–Crippen MR) is 78.2 cm³/mol. The number of nitrogens with one attached hydrogen (secondary N) is 1. The Morgan fingerprint density at radius 3 is 2.79 bits per heavy atom. The van der Waals surface area contributed by atoms with Crippen LogP contribution in [0, 0.1) is 6.92 Å². The van der Waals surface area contributed by atoms with E-state index in [1.54, 1.807) is 13.2 Å². The Morgan fingerprint density at radius 2 is 2.21 bits per heavy atom. The van der Waals surface area contributed by atoms with E-state index in [1.165, 1.54) is 0 Å². The van der Waals surface area contributed by atoms with E-state index < -0.39 is 0 Å². The van der Waals surface area contributed by atoms with Gasteiger partial charge in [0.15, 0.2) is 0 Å². The Morgan fingerprint density at radius 1 is 1.53 bits per heavy atom. The van der Waals surface area contributed by atoms with Crippen LogP contribution in [-0.4, -0.2) is 44.2 Å². The molecule has 1 amide bonds. The summed E-state index contributed by atoms with van der Waals surface area (Å²) in [5.74, 6) is -0.0357. The number of likely N-dealkylation sites (N-methyl/N-ethyl adjacent to an activating group) is 1. The van der Waals surface area contributed by atoms with E-state index in [0.717, 1.165) is 11.3 Å². The summed E-state index contributed by atoms with van der Waals surface area (Å²) < 4.78 is 5.01. The highest BCUT2D eigenvalue weighted by atomic mass is 16.5. The van der Waals surface area contributed by atoms with E-state index in [4.69, 9.17) is 10.5 Å². The minimum Gasteiger partial charge on any atom is -0.399 e. The summed E-state index contributed by atoms with van der Waals surface area (Å²) in [5, 5.41) is 2.92. The molecule has 0 bridgehead atoms. The molecule has 0 saturated heterocycles. The van der Waals surface area contributed by atoms with Crippen molar-refractivity contribution >= 4 is 17.3 Å². The Bertz CT molecular complexity index is 435. The van der Waals surface area contributed by atoms with Crippen molar-refractivity contribution in [1.82, 2.24) is 4.90 Å². The van der Waals surface area contributed by atoms with Crippen molar-refractivity contribution < 1.29 is 9.53 Å². The third-order valence-electron chi connectivity index (χ3n) is 3.20. The number of methoxy groups -OCH3 is 1. The van der Waals surface area contributed by atoms with Crippen LogP contribution in [0.1, 0.15) is 12.5 Å². The highest BCUT2D eigenvalue weighted by Gasteiger charge is 2.18. The van der Waals surface area contributed by atoms with Gasteiger partial charge in [0.2, 0.25) is 5.91 Å². The third-order valence-corrected chi connectivity index (χ3v) is 3.20. The number of carbonyl (C=O) groups excluding carboxylic acids is 1. The molecule has 1 aromatic carbocycles. The number of rotatable bonds is 6. The van der Waals surface area contributed by atoms with Crippen LogP contribution in [0.25, 0.3) is 0 Å². The van der Waals surface area contributed by atoms with Crippen LogP contribution in [0.4, 0.5) is 11.4 Å². The number of ether oxygens (including phenoxy) is 1. The molecule has 0 radical (unpaired) electrons. The first-order valence-corrected chi connectivity index (χ1v) is 6.32. The number of anilines is 2. The minimum absolute atomic E-state index is 0.0357. The van der Waals surface area contributed by atoms with Crippen molar-refractivity contribution in [2.45, 2.75) is 19.9 Å². The number of hydrogen-bond donors (Lipinski definition) is 2. The molecular formula is C14H23N3O2. The maximum absolute atomic E-state index is 12.1. The van der Waals surface area contributed by atoms with Crippen LogP contribution in [-0.2, 0) is 9.53 Å². The lowest BCUT2D eigenvalue weighted by atomic mass is 10.1. The second-order valence-corrected chi connectivity index (χ2v) is 4.71. The maximum atomic E-state index is 12.1. The van der Waals surface area contributed by atoms with Crippen LogP contribution < -0.4 is 11.1 Å². The van der Waals surface area contributed by atoms with Crippen LogP contribution in [0.2, 0.25) is 0 Å². The average molecular weight is 265 g/mol. The van der Waals surface area contributed by atoms with Crippen molar-refractivity contribution in [1.29, 1.82) is 0 Å². The average Bonchev–Trinajstić information content (AvgIpc) is 2.38. The van der Waals surface area contributed by atoms with E-state index in [0.29, 0.717) is 18.8 Å². The summed E-state index contributed by atoms with van der Waals surface area (Å²) in [6.45, 7) is 5.11. The first-order chi connectivity index (χ1) is 8.95. The van der Waals surface area contributed by atoms with Gasteiger partial charge >= 0.3 is 0 Å². The molecule has 0 saturated carbocycles. The van der Waals surface area contributed by atoms with Crippen molar-refractivity contribution in [3.8, 4) is 0 Å². The second-order valence-electron chi connectivity index (χ2n) is 4.71. The molecule has 1 unspecified atom stereocenters. The fraction of sp³-hybridized carbons (Fsp3) is 0.500. The number of aryl methyl sites for hydroxylation is 1. The van der Waals surface area contributed by atoms with Gasteiger partial charge in [0.1, 0.15) is 0 Å². The van der Waals surface area contributed by atoms with Crippen molar-refractivity contribution in [3.63, 3.8) is 0 Å². The quantitative estimate of drug-likeness (QED) is 0.765. The normalized spacial score (nSPS) is 12.5. The summed E-state index contributed by atoms with van der Waals surface area (Å²) in [4.78, 5) is 14.1. The largest absolute Gasteiger partial charge is 0.399 e. The second kappa shape index (κ2) is 7.11. The van der Waals surface area contributed by atoms with E-state index in [-0.39, 0.29) is 11.9 Å². The molecule has 5 heteroatoms. The number of nitrogens with two attached hydrogens (primary N) is 1. The highest BCUT2D eigenvalue weighted by molar-refractivity contribution is 5.95. The lowest BCUT2D eigenvalue weighted by Crippen LogP contribution is -2.41. The van der Waals surface area contributed by atoms with Gasteiger partial charge in [-0.05, 0) is 44.7 Å². The number of nitrogens with zero attached hydrogens (tertiary/aromatic N) is 1. The highest BCUT2D eigenvalue weighted by Crippen LogP contribution is 2.18. The molecule has 0 spiro atoms. The molecule has 0 aliphatic carbocycles. The summed E-state index contributed by atoms with van der Waals surface area (Å²) in [6.07, 6.45) is 0. The molecule has 1 atom stereocenters. The number of hydrogen-bond acceptors (Lipinski definition) is 4. The molecule has 0 fully saturated rings. The summed E-state index contributed by atoms with van der Waals surface area (Å²) in [6, 6.07) is 5.23. The molecule has 0 aromatic heterocycles. The molecule has 5 nitrogen and oxygen atoms in total. The van der Waals surface area contributed by atoms with Crippen molar-refractivity contribution in [2.75, 3.05) is 38.4 Å². The summed E-state index contributed by atoms with van der Waals surface area (Å²) in [5.41, 5.74) is 8.14. The standard InChI is InChI=1S/C14H23N3O2/c1-10-9-12(15)5-6-13(10)16-14(18)11(2)17(3)7-8-19-4/h5-6,9,11H,7-8,15H2,1-4H3,(H,16,18). The molecule has 106 valence electrons. The molecule has 0 aliphatic heterocycles.